The van der Waals surface area contributed by atoms with Gasteiger partial charge in [-0.15, -0.1) is 0 Å². The van der Waals surface area contributed by atoms with Gasteiger partial charge in [0.1, 0.15) is 5.75 Å². The molecule has 1 atom stereocenters. The SMILES string of the molecule is Cc1ccc(C(C)C)c(OC(C)C(=O)Nc2cccc(CN3CCCC3=O)c2)c1. The molecule has 1 unspecified atom stereocenters. The second-order valence-corrected chi connectivity index (χ2v) is 8.06. The predicted molar refractivity (Wildman–Crippen MR) is 115 cm³/mol. The number of likely N-dealkylation sites (tertiary alicyclic amines) is 1. The van der Waals surface area contributed by atoms with Crippen molar-refractivity contribution in [1.29, 1.82) is 0 Å². The number of benzene rings is 2. The average molecular weight is 395 g/mol. The van der Waals surface area contributed by atoms with E-state index in [-0.39, 0.29) is 11.8 Å². The minimum absolute atomic E-state index is 0.195. The fourth-order valence-corrected chi connectivity index (χ4v) is 3.55. The monoisotopic (exact) mass is 394 g/mol. The van der Waals surface area contributed by atoms with E-state index < -0.39 is 6.10 Å². The van der Waals surface area contributed by atoms with Gasteiger partial charge >= 0.3 is 0 Å². The van der Waals surface area contributed by atoms with Crippen molar-refractivity contribution in [3.05, 3.63) is 59.2 Å². The maximum Gasteiger partial charge on any atom is 0.265 e. The molecule has 1 heterocycles. The molecule has 1 aliphatic rings. The predicted octanol–water partition coefficient (Wildman–Crippen LogP) is 4.65. The quantitative estimate of drug-likeness (QED) is 0.744. The molecule has 1 fully saturated rings. The smallest absolute Gasteiger partial charge is 0.265 e. The molecule has 1 saturated heterocycles. The highest BCUT2D eigenvalue weighted by atomic mass is 16.5. The van der Waals surface area contributed by atoms with Crippen molar-refractivity contribution in [2.45, 2.75) is 59.1 Å². The second kappa shape index (κ2) is 9.12. The molecule has 1 aliphatic heterocycles. The number of anilines is 1. The molecule has 154 valence electrons. The van der Waals surface area contributed by atoms with E-state index in [9.17, 15) is 9.59 Å². The number of rotatable bonds is 7. The number of nitrogens with zero attached hydrogens (tertiary/aromatic N) is 1. The van der Waals surface area contributed by atoms with E-state index in [1.807, 2.05) is 42.2 Å². The highest BCUT2D eigenvalue weighted by molar-refractivity contribution is 5.94. The first-order valence-electron chi connectivity index (χ1n) is 10.3. The van der Waals surface area contributed by atoms with Crippen molar-refractivity contribution in [3.63, 3.8) is 0 Å². The Labute approximate surface area is 173 Å². The summed E-state index contributed by atoms with van der Waals surface area (Å²) in [4.78, 5) is 26.4. The maximum atomic E-state index is 12.7. The molecule has 2 aromatic rings. The first-order chi connectivity index (χ1) is 13.8. The first kappa shape index (κ1) is 20.9. The van der Waals surface area contributed by atoms with Crippen LogP contribution in [-0.2, 0) is 16.1 Å². The van der Waals surface area contributed by atoms with Crippen molar-refractivity contribution in [3.8, 4) is 5.75 Å². The van der Waals surface area contributed by atoms with Crippen LogP contribution in [0.5, 0.6) is 5.75 Å². The Bertz CT molecular complexity index is 891. The topological polar surface area (TPSA) is 58.6 Å². The van der Waals surface area contributed by atoms with Gasteiger partial charge in [0.05, 0.1) is 0 Å². The number of amides is 2. The van der Waals surface area contributed by atoms with Crippen LogP contribution in [0.1, 0.15) is 56.2 Å². The number of aryl methyl sites for hydroxylation is 1. The molecule has 0 aliphatic carbocycles. The van der Waals surface area contributed by atoms with Gasteiger partial charge < -0.3 is 15.0 Å². The largest absolute Gasteiger partial charge is 0.481 e. The number of hydrogen-bond donors (Lipinski definition) is 1. The van der Waals surface area contributed by atoms with Crippen LogP contribution in [0.25, 0.3) is 0 Å². The Morgan fingerprint density at radius 2 is 1.97 bits per heavy atom. The van der Waals surface area contributed by atoms with E-state index in [1.54, 1.807) is 6.92 Å². The van der Waals surface area contributed by atoms with E-state index in [2.05, 4.69) is 31.3 Å². The molecule has 5 nitrogen and oxygen atoms in total. The third kappa shape index (κ3) is 5.37. The van der Waals surface area contributed by atoms with Crippen LogP contribution in [0.15, 0.2) is 42.5 Å². The number of hydrogen-bond acceptors (Lipinski definition) is 3. The van der Waals surface area contributed by atoms with E-state index in [1.165, 1.54) is 0 Å². The molecule has 1 N–H and O–H groups in total. The van der Waals surface area contributed by atoms with Crippen molar-refractivity contribution in [2.24, 2.45) is 0 Å². The Kier molecular flexibility index (Phi) is 6.57. The summed E-state index contributed by atoms with van der Waals surface area (Å²) in [6.45, 7) is 9.37. The van der Waals surface area contributed by atoms with E-state index in [0.29, 0.717) is 24.6 Å². The van der Waals surface area contributed by atoms with Crippen molar-refractivity contribution < 1.29 is 14.3 Å². The third-order valence-electron chi connectivity index (χ3n) is 5.20. The summed E-state index contributed by atoms with van der Waals surface area (Å²) in [6, 6.07) is 13.7. The summed E-state index contributed by atoms with van der Waals surface area (Å²) in [5, 5.41) is 2.93. The average Bonchev–Trinajstić information content (AvgIpc) is 3.06. The standard InChI is InChI=1S/C24H30N2O3/c1-16(2)21-11-10-17(3)13-22(21)29-18(4)24(28)25-20-8-5-7-19(14-20)15-26-12-6-9-23(26)27/h5,7-8,10-11,13-14,16,18H,6,9,12,15H2,1-4H3,(H,25,28). The summed E-state index contributed by atoms with van der Waals surface area (Å²) in [6.07, 6.45) is 0.919. The van der Waals surface area contributed by atoms with Gasteiger partial charge in [-0.05, 0) is 61.1 Å². The molecular formula is C24H30N2O3. The molecule has 29 heavy (non-hydrogen) atoms. The van der Waals surface area contributed by atoms with Crippen molar-refractivity contribution in [1.82, 2.24) is 4.90 Å². The van der Waals surface area contributed by atoms with E-state index in [4.69, 9.17) is 4.74 Å². The second-order valence-electron chi connectivity index (χ2n) is 8.06. The third-order valence-corrected chi connectivity index (χ3v) is 5.20. The molecular weight excluding hydrogens is 364 g/mol. The van der Waals surface area contributed by atoms with Crippen LogP contribution in [0.3, 0.4) is 0 Å². The zero-order valence-electron chi connectivity index (χ0n) is 17.7. The van der Waals surface area contributed by atoms with Gasteiger partial charge in [0.2, 0.25) is 5.91 Å². The summed E-state index contributed by atoms with van der Waals surface area (Å²) >= 11 is 0. The first-order valence-corrected chi connectivity index (χ1v) is 10.3. The van der Waals surface area contributed by atoms with Crippen LogP contribution in [0, 0.1) is 6.92 Å². The number of carbonyl (C=O) groups is 2. The number of ether oxygens (including phenoxy) is 1. The lowest BCUT2D eigenvalue weighted by Crippen LogP contribution is -2.30. The maximum absolute atomic E-state index is 12.7. The van der Waals surface area contributed by atoms with E-state index in [0.717, 1.165) is 35.4 Å². The van der Waals surface area contributed by atoms with Gasteiger partial charge in [-0.3, -0.25) is 9.59 Å². The minimum Gasteiger partial charge on any atom is -0.481 e. The van der Waals surface area contributed by atoms with Crippen LogP contribution in [-0.4, -0.2) is 29.4 Å². The number of carbonyl (C=O) groups excluding carboxylic acids is 2. The molecule has 0 saturated carbocycles. The molecule has 0 aromatic heterocycles. The van der Waals surface area contributed by atoms with Crippen LogP contribution in [0.4, 0.5) is 5.69 Å². The van der Waals surface area contributed by atoms with Gasteiger partial charge in [-0.25, -0.2) is 0 Å². The Hall–Kier alpha value is -2.82. The molecule has 2 aromatic carbocycles. The normalized spacial score (nSPS) is 14.9. The minimum atomic E-state index is -0.627. The Morgan fingerprint density at radius 1 is 1.17 bits per heavy atom. The summed E-state index contributed by atoms with van der Waals surface area (Å²) in [5.74, 6) is 1.06. The van der Waals surface area contributed by atoms with Crippen LogP contribution in [0.2, 0.25) is 0 Å². The fraction of sp³-hybridized carbons (Fsp3) is 0.417. The highest BCUT2D eigenvalue weighted by Crippen LogP contribution is 2.28. The lowest BCUT2D eigenvalue weighted by molar-refractivity contribution is -0.128. The van der Waals surface area contributed by atoms with Crippen LogP contribution < -0.4 is 10.1 Å². The van der Waals surface area contributed by atoms with Gasteiger partial charge in [0.25, 0.3) is 5.91 Å². The van der Waals surface area contributed by atoms with Gasteiger partial charge in [-0.1, -0.05) is 38.1 Å². The molecule has 2 amide bonds. The van der Waals surface area contributed by atoms with Gasteiger partial charge in [0.15, 0.2) is 6.10 Å². The highest BCUT2D eigenvalue weighted by Gasteiger charge is 2.21. The van der Waals surface area contributed by atoms with Crippen LogP contribution >= 0.6 is 0 Å². The molecule has 3 rings (SSSR count). The van der Waals surface area contributed by atoms with E-state index >= 15 is 0 Å². The Morgan fingerprint density at radius 3 is 2.66 bits per heavy atom. The molecule has 0 spiro atoms. The zero-order chi connectivity index (χ0) is 21.0. The van der Waals surface area contributed by atoms with Crippen molar-refractivity contribution in [2.75, 3.05) is 11.9 Å². The number of nitrogens with one attached hydrogen (secondary N) is 1. The molecule has 0 bridgehead atoms. The molecule has 5 heteroatoms. The zero-order valence-corrected chi connectivity index (χ0v) is 17.7. The summed E-state index contributed by atoms with van der Waals surface area (Å²) in [7, 11) is 0. The van der Waals surface area contributed by atoms with Gasteiger partial charge in [-0.2, -0.15) is 0 Å². The van der Waals surface area contributed by atoms with Gasteiger partial charge in [0, 0.05) is 25.2 Å². The Balaban J connectivity index is 1.65. The van der Waals surface area contributed by atoms with Crippen molar-refractivity contribution >= 4 is 17.5 Å². The lowest BCUT2D eigenvalue weighted by atomic mass is 10.0. The molecule has 0 radical (unpaired) electrons. The summed E-state index contributed by atoms with van der Waals surface area (Å²) < 4.78 is 6.01. The lowest BCUT2D eigenvalue weighted by Gasteiger charge is -2.20. The summed E-state index contributed by atoms with van der Waals surface area (Å²) in [5.41, 5.74) is 3.91. The fourth-order valence-electron chi connectivity index (χ4n) is 3.55.